The zero-order chi connectivity index (χ0) is 16.8. The quantitative estimate of drug-likeness (QED) is 0.902. The molecule has 0 aliphatic carbocycles. The van der Waals surface area contributed by atoms with Crippen LogP contribution in [0, 0.1) is 0 Å². The number of para-hydroxylation sites is 2. The lowest BCUT2D eigenvalue weighted by molar-refractivity contribution is 0.262. The van der Waals surface area contributed by atoms with Crippen molar-refractivity contribution in [2.75, 3.05) is 35.7 Å². The summed E-state index contributed by atoms with van der Waals surface area (Å²) in [6, 6.07) is 6.86. The van der Waals surface area contributed by atoms with Gasteiger partial charge in [-0.05, 0) is 31.4 Å². The van der Waals surface area contributed by atoms with Crippen LogP contribution in [0.15, 0.2) is 36.7 Å². The van der Waals surface area contributed by atoms with Crippen LogP contribution in [0.25, 0.3) is 0 Å². The van der Waals surface area contributed by atoms with E-state index in [1.165, 1.54) is 19.3 Å². The van der Waals surface area contributed by atoms with Crippen LogP contribution in [0.4, 0.5) is 22.1 Å². The van der Waals surface area contributed by atoms with Gasteiger partial charge in [0.2, 0.25) is 5.95 Å². The van der Waals surface area contributed by atoms with Gasteiger partial charge in [0.25, 0.3) is 0 Å². The molecule has 0 unspecified atom stereocenters. The van der Waals surface area contributed by atoms with E-state index in [1.807, 2.05) is 12.1 Å². The van der Waals surface area contributed by atoms with E-state index in [0.29, 0.717) is 23.1 Å². The molecule has 7 nitrogen and oxygen atoms in total. The predicted molar refractivity (Wildman–Crippen MR) is 93.7 cm³/mol. The van der Waals surface area contributed by atoms with Crippen molar-refractivity contribution < 1.29 is 9.53 Å². The number of nitrogens with one attached hydrogen (secondary N) is 2. The number of hydrogen-bond acceptors (Lipinski definition) is 5. The summed E-state index contributed by atoms with van der Waals surface area (Å²) < 4.78 is 5.21. The third-order valence-electron chi connectivity index (χ3n) is 3.89. The van der Waals surface area contributed by atoms with E-state index in [0.717, 1.165) is 13.1 Å². The molecule has 1 fully saturated rings. The number of aromatic nitrogens is 2. The van der Waals surface area contributed by atoms with E-state index in [2.05, 4.69) is 25.5 Å². The normalized spacial score (nSPS) is 14.1. The fourth-order valence-corrected chi connectivity index (χ4v) is 2.68. The topological polar surface area (TPSA) is 79.4 Å². The van der Waals surface area contributed by atoms with Gasteiger partial charge in [0, 0.05) is 13.1 Å². The molecule has 7 heteroatoms. The number of hydrogen-bond donors (Lipinski definition) is 2. The molecular formula is C17H21N5O2. The maximum absolute atomic E-state index is 12.1. The molecule has 24 heavy (non-hydrogen) atoms. The van der Waals surface area contributed by atoms with Crippen LogP contribution in [-0.2, 0) is 0 Å². The highest BCUT2D eigenvalue weighted by Crippen LogP contribution is 2.23. The molecule has 3 rings (SSSR count). The first-order chi connectivity index (χ1) is 11.8. The summed E-state index contributed by atoms with van der Waals surface area (Å²) in [7, 11) is 1.56. The Labute approximate surface area is 141 Å². The van der Waals surface area contributed by atoms with Crippen molar-refractivity contribution in [2.24, 2.45) is 0 Å². The third-order valence-corrected chi connectivity index (χ3v) is 3.89. The lowest BCUT2D eigenvalue weighted by Gasteiger charge is -2.26. The maximum atomic E-state index is 12.1. The Morgan fingerprint density at radius 3 is 2.50 bits per heavy atom. The van der Waals surface area contributed by atoms with Crippen LogP contribution in [0.2, 0.25) is 0 Å². The molecule has 0 spiro atoms. The lowest BCUT2D eigenvalue weighted by Crippen LogP contribution is -2.31. The molecule has 0 atom stereocenters. The van der Waals surface area contributed by atoms with Crippen LogP contribution in [0.5, 0.6) is 5.75 Å². The van der Waals surface area contributed by atoms with Crippen molar-refractivity contribution in [3.05, 3.63) is 36.7 Å². The summed E-state index contributed by atoms with van der Waals surface area (Å²) in [4.78, 5) is 22.9. The van der Waals surface area contributed by atoms with Gasteiger partial charge >= 0.3 is 6.03 Å². The van der Waals surface area contributed by atoms with E-state index < -0.39 is 0 Å². The number of carbonyl (C=O) groups excluding carboxylic acids is 1. The highest BCUT2D eigenvalue weighted by Gasteiger charge is 2.13. The largest absolute Gasteiger partial charge is 0.495 e. The fourth-order valence-electron chi connectivity index (χ4n) is 2.68. The molecule has 1 aromatic carbocycles. The van der Waals surface area contributed by atoms with Crippen LogP contribution in [0.3, 0.4) is 0 Å². The van der Waals surface area contributed by atoms with Crippen molar-refractivity contribution in [3.63, 3.8) is 0 Å². The molecule has 1 aliphatic heterocycles. The van der Waals surface area contributed by atoms with E-state index in [-0.39, 0.29) is 6.03 Å². The molecule has 0 bridgehead atoms. The van der Waals surface area contributed by atoms with E-state index in [4.69, 9.17) is 4.74 Å². The van der Waals surface area contributed by atoms with Gasteiger partial charge in [0.05, 0.1) is 30.9 Å². The van der Waals surface area contributed by atoms with Gasteiger partial charge in [-0.3, -0.25) is 0 Å². The van der Waals surface area contributed by atoms with Crippen molar-refractivity contribution in [2.45, 2.75) is 19.3 Å². The Bertz CT molecular complexity index is 684. The van der Waals surface area contributed by atoms with Gasteiger partial charge < -0.3 is 20.3 Å². The van der Waals surface area contributed by atoms with E-state index in [1.54, 1.807) is 31.6 Å². The highest BCUT2D eigenvalue weighted by molar-refractivity contribution is 6.00. The molecule has 0 radical (unpaired) electrons. The number of nitrogens with zero attached hydrogens (tertiary/aromatic N) is 3. The van der Waals surface area contributed by atoms with Crippen molar-refractivity contribution in [1.29, 1.82) is 0 Å². The Balaban J connectivity index is 1.60. The molecule has 2 heterocycles. The Morgan fingerprint density at radius 2 is 1.79 bits per heavy atom. The number of ether oxygens (including phenoxy) is 1. The summed E-state index contributed by atoms with van der Waals surface area (Å²) in [5, 5.41) is 5.47. The average molecular weight is 327 g/mol. The van der Waals surface area contributed by atoms with Gasteiger partial charge in [-0.1, -0.05) is 12.1 Å². The smallest absolute Gasteiger partial charge is 0.323 e. The van der Waals surface area contributed by atoms with Gasteiger partial charge in [0.1, 0.15) is 5.75 Å². The maximum Gasteiger partial charge on any atom is 0.323 e. The van der Waals surface area contributed by atoms with Crippen LogP contribution in [-0.4, -0.2) is 36.2 Å². The molecule has 1 saturated heterocycles. The monoisotopic (exact) mass is 327 g/mol. The number of benzene rings is 1. The standard InChI is InChI=1S/C17H21N5O2/c1-24-15-8-4-3-7-14(15)21-17(23)20-13-11-18-16(19-12-13)22-9-5-2-6-10-22/h3-4,7-8,11-12H,2,5-6,9-10H2,1H3,(H2,20,21,23). The summed E-state index contributed by atoms with van der Waals surface area (Å²) in [6.45, 7) is 1.97. The molecule has 126 valence electrons. The summed E-state index contributed by atoms with van der Waals surface area (Å²) >= 11 is 0. The van der Waals surface area contributed by atoms with Crippen LogP contribution in [0.1, 0.15) is 19.3 Å². The molecule has 0 saturated carbocycles. The molecule has 1 aromatic heterocycles. The van der Waals surface area contributed by atoms with Gasteiger partial charge in [-0.25, -0.2) is 14.8 Å². The third kappa shape index (κ3) is 3.92. The number of methoxy groups -OCH3 is 1. The zero-order valence-electron chi connectivity index (χ0n) is 13.7. The number of anilines is 3. The van der Waals surface area contributed by atoms with Gasteiger partial charge in [0.15, 0.2) is 0 Å². The van der Waals surface area contributed by atoms with Gasteiger partial charge in [-0.15, -0.1) is 0 Å². The predicted octanol–water partition coefficient (Wildman–Crippen LogP) is 3.12. The summed E-state index contributed by atoms with van der Waals surface area (Å²) in [5.41, 5.74) is 1.14. The lowest BCUT2D eigenvalue weighted by atomic mass is 10.1. The Kier molecular flexibility index (Phi) is 5.10. The van der Waals surface area contributed by atoms with Crippen LogP contribution >= 0.6 is 0 Å². The number of rotatable bonds is 4. The summed E-state index contributed by atoms with van der Waals surface area (Å²) in [5.74, 6) is 1.31. The number of piperidine rings is 1. The molecule has 2 aromatic rings. The zero-order valence-corrected chi connectivity index (χ0v) is 13.7. The first-order valence-corrected chi connectivity index (χ1v) is 8.04. The fraction of sp³-hybridized carbons (Fsp3) is 0.353. The van der Waals surface area contributed by atoms with E-state index in [9.17, 15) is 4.79 Å². The summed E-state index contributed by atoms with van der Waals surface area (Å²) in [6.07, 6.45) is 6.85. The molecular weight excluding hydrogens is 306 g/mol. The average Bonchev–Trinajstić information content (AvgIpc) is 2.63. The Morgan fingerprint density at radius 1 is 1.08 bits per heavy atom. The number of urea groups is 1. The minimum absolute atomic E-state index is 0.367. The molecule has 2 amide bonds. The van der Waals surface area contributed by atoms with Crippen molar-refractivity contribution in [3.8, 4) is 5.75 Å². The second kappa shape index (κ2) is 7.63. The highest BCUT2D eigenvalue weighted by atomic mass is 16.5. The van der Waals surface area contributed by atoms with Gasteiger partial charge in [-0.2, -0.15) is 0 Å². The second-order valence-corrected chi connectivity index (χ2v) is 5.60. The van der Waals surface area contributed by atoms with Crippen molar-refractivity contribution in [1.82, 2.24) is 9.97 Å². The Hall–Kier alpha value is -2.83. The minimum Gasteiger partial charge on any atom is -0.495 e. The SMILES string of the molecule is COc1ccccc1NC(=O)Nc1cnc(N2CCCCC2)nc1. The second-order valence-electron chi connectivity index (χ2n) is 5.60. The molecule has 1 aliphatic rings. The first-order valence-electron chi connectivity index (χ1n) is 8.04. The van der Waals surface area contributed by atoms with E-state index >= 15 is 0 Å². The van der Waals surface area contributed by atoms with Crippen LogP contribution < -0.4 is 20.3 Å². The van der Waals surface area contributed by atoms with Crippen molar-refractivity contribution >= 4 is 23.4 Å². The molecule has 2 N–H and O–H groups in total. The number of carbonyl (C=O) groups is 1. The number of amides is 2. The first kappa shape index (κ1) is 16.0. The minimum atomic E-state index is -0.367.